The lowest BCUT2D eigenvalue weighted by Gasteiger charge is -2.14. The van der Waals surface area contributed by atoms with Gasteiger partial charge in [-0.3, -0.25) is 14.7 Å². The van der Waals surface area contributed by atoms with Gasteiger partial charge in [0.1, 0.15) is 18.1 Å². The minimum Gasteiger partial charge on any atom is -0.462 e. The lowest BCUT2D eigenvalue weighted by atomic mass is 10.1. The van der Waals surface area contributed by atoms with Crippen LogP contribution in [0.2, 0.25) is 0 Å². The third-order valence-corrected chi connectivity index (χ3v) is 4.74. The summed E-state index contributed by atoms with van der Waals surface area (Å²) < 4.78 is 30.4. The maximum Gasteiger partial charge on any atom is 0.414 e. The van der Waals surface area contributed by atoms with Crippen LogP contribution in [0.4, 0.5) is 14.9 Å². The molecule has 3 aromatic rings. The highest BCUT2D eigenvalue weighted by Gasteiger charge is 2.33. The SMILES string of the molecule is Cc1nnc(-c2ccc(-c3ccc(N4C[C@H](COC(=O)CCN)OC4=O)cc3F)cn2)o1.Cl. The summed E-state index contributed by atoms with van der Waals surface area (Å²) in [6, 6.07) is 7.76. The molecular weight excluding hydrogens is 457 g/mol. The summed E-state index contributed by atoms with van der Waals surface area (Å²) in [6.45, 7) is 1.90. The van der Waals surface area contributed by atoms with E-state index in [0.717, 1.165) is 0 Å². The Morgan fingerprint density at radius 3 is 2.76 bits per heavy atom. The average molecular weight is 478 g/mol. The Morgan fingerprint density at radius 1 is 1.30 bits per heavy atom. The van der Waals surface area contributed by atoms with Gasteiger partial charge < -0.3 is 19.6 Å². The molecule has 1 aliphatic heterocycles. The van der Waals surface area contributed by atoms with Crippen LogP contribution < -0.4 is 10.6 Å². The first-order chi connectivity index (χ1) is 15.4. The topological polar surface area (TPSA) is 134 Å². The lowest BCUT2D eigenvalue weighted by Crippen LogP contribution is -2.27. The van der Waals surface area contributed by atoms with Gasteiger partial charge in [-0.05, 0) is 24.3 Å². The summed E-state index contributed by atoms with van der Waals surface area (Å²) >= 11 is 0. The molecule has 0 bridgehead atoms. The van der Waals surface area contributed by atoms with E-state index in [1.54, 1.807) is 31.2 Å². The second kappa shape index (κ2) is 10.4. The highest BCUT2D eigenvalue weighted by molar-refractivity contribution is 5.90. The summed E-state index contributed by atoms with van der Waals surface area (Å²) in [6.07, 6.45) is 0.305. The molecule has 0 unspecified atom stereocenters. The number of aryl methyl sites for hydroxylation is 1. The molecule has 174 valence electrons. The number of carbonyl (C=O) groups is 2. The van der Waals surface area contributed by atoms with E-state index in [9.17, 15) is 14.0 Å². The second-order valence-corrected chi connectivity index (χ2v) is 7.06. The molecule has 4 rings (SSSR count). The number of nitrogens with two attached hydrogens (primary N) is 1. The van der Waals surface area contributed by atoms with Gasteiger partial charge >= 0.3 is 12.1 Å². The van der Waals surface area contributed by atoms with Gasteiger partial charge in [-0.2, -0.15) is 0 Å². The van der Waals surface area contributed by atoms with Crippen LogP contribution in [0.15, 0.2) is 40.9 Å². The first-order valence-corrected chi connectivity index (χ1v) is 9.85. The molecule has 3 heterocycles. The zero-order valence-corrected chi connectivity index (χ0v) is 18.4. The number of benzene rings is 1. The van der Waals surface area contributed by atoms with Gasteiger partial charge in [0.15, 0.2) is 6.10 Å². The van der Waals surface area contributed by atoms with Crippen molar-refractivity contribution in [2.24, 2.45) is 5.73 Å². The molecule has 1 saturated heterocycles. The third kappa shape index (κ3) is 5.44. The largest absolute Gasteiger partial charge is 0.462 e. The van der Waals surface area contributed by atoms with Crippen LogP contribution in [-0.2, 0) is 14.3 Å². The van der Waals surface area contributed by atoms with Crippen LogP contribution >= 0.6 is 12.4 Å². The zero-order chi connectivity index (χ0) is 22.7. The van der Waals surface area contributed by atoms with Crippen molar-refractivity contribution in [3.05, 3.63) is 48.2 Å². The van der Waals surface area contributed by atoms with Crippen molar-refractivity contribution in [2.75, 3.05) is 24.6 Å². The highest BCUT2D eigenvalue weighted by Crippen LogP contribution is 2.29. The Balaban J connectivity index is 0.00000306. The Bertz CT molecular complexity index is 1140. The lowest BCUT2D eigenvalue weighted by molar-refractivity contribution is -0.145. The Kier molecular flexibility index (Phi) is 7.56. The van der Waals surface area contributed by atoms with Gasteiger partial charge in [-0.15, -0.1) is 22.6 Å². The molecule has 1 aliphatic rings. The number of rotatable bonds is 7. The van der Waals surface area contributed by atoms with Crippen LogP contribution in [0, 0.1) is 12.7 Å². The van der Waals surface area contributed by atoms with E-state index in [1.807, 2.05) is 0 Å². The maximum atomic E-state index is 14.9. The van der Waals surface area contributed by atoms with Crippen LogP contribution in [-0.4, -0.2) is 53.0 Å². The Hall–Kier alpha value is -3.57. The van der Waals surface area contributed by atoms with Gasteiger partial charge in [-0.1, -0.05) is 6.07 Å². The van der Waals surface area contributed by atoms with E-state index in [4.69, 9.17) is 19.6 Å². The number of carbonyl (C=O) groups excluding carboxylic acids is 2. The number of hydrogen-bond acceptors (Lipinski definition) is 9. The van der Waals surface area contributed by atoms with Crippen molar-refractivity contribution in [2.45, 2.75) is 19.4 Å². The molecular formula is C21H21ClFN5O5. The van der Waals surface area contributed by atoms with E-state index in [0.29, 0.717) is 28.4 Å². The normalized spacial score (nSPS) is 15.2. The van der Waals surface area contributed by atoms with Crippen LogP contribution in [0.25, 0.3) is 22.7 Å². The molecule has 2 aromatic heterocycles. The number of ether oxygens (including phenoxy) is 2. The average Bonchev–Trinajstić information content (AvgIpc) is 3.38. The zero-order valence-electron chi connectivity index (χ0n) is 17.6. The summed E-state index contributed by atoms with van der Waals surface area (Å²) in [7, 11) is 0. The minimum atomic E-state index is -0.642. The number of hydrogen-bond donors (Lipinski definition) is 1. The van der Waals surface area contributed by atoms with E-state index in [1.165, 1.54) is 17.2 Å². The fourth-order valence-corrected chi connectivity index (χ4v) is 3.18. The number of amides is 1. The van der Waals surface area contributed by atoms with Crippen molar-refractivity contribution in [3.8, 4) is 22.7 Å². The molecule has 1 atom stereocenters. The van der Waals surface area contributed by atoms with Gasteiger partial charge in [0.25, 0.3) is 5.89 Å². The number of halogens is 2. The number of cyclic esters (lactones) is 1. The van der Waals surface area contributed by atoms with E-state index >= 15 is 0 Å². The molecule has 0 radical (unpaired) electrons. The highest BCUT2D eigenvalue weighted by atomic mass is 35.5. The molecule has 1 amide bonds. The van der Waals surface area contributed by atoms with E-state index < -0.39 is 24.0 Å². The molecule has 2 N–H and O–H groups in total. The molecule has 33 heavy (non-hydrogen) atoms. The molecule has 1 fully saturated rings. The number of aromatic nitrogens is 3. The van der Waals surface area contributed by atoms with E-state index in [-0.39, 0.29) is 44.4 Å². The fourth-order valence-electron chi connectivity index (χ4n) is 3.18. The maximum absolute atomic E-state index is 14.9. The van der Waals surface area contributed by atoms with E-state index in [2.05, 4.69) is 15.2 Å². The van der Waals surface area contributed by atoms with Crippen LogP contribution in [0.1, 0.15) is 12.3 Å². The first kappa shape index (κ1) is 24.1. The van der Waals surface area contributed by atoms with Gasteiger partial charge in [-0.25, -0.2) is 9.18 Å². The summed E-state index contributed by atoms with van der Waals surface area (Å²) in [4.78, 5) is 29.2. The van der Waals surface area contributed by atoms with Gasteiger partial charge in [0.2, 0.25) is 5.89 Å². The summed E-state index contributed by atoms with van der Waals surface area (Å²) in [5.41, 5.74) is 6.96. The predicted octanol–water partition coefficient (Wildman–Crippen LogP) is 2.89. The number of nitrogens with zero attached hydrogens (tertiary/aromatic N) is 4. The molecule has 1 aromatic carbocycles. The second-order valence-electron chi connectivity index (χ2n) is 7.06. The number of anilines is 1. The van der Waals surface area contributed by atoms with Crippen LogP contribution in [0.5, 0.6) is 0 Å². The smallest absolute Gasteiger partial charge is 0.414 e. The number of pyridine rings is 1. The molecule has 0 saturated carbocycles. The molecule has 0 spiro atoms. The van der Waals surface area contributed by atoms with Crippen molar-refractivity contribution >= 4 is 30.2 Å². The van der Waals surface area contributed by atoms with Crippen molar-refractivity contribution in [1.82, 2.24) is 15.2 Å². The van der Waals surface area contributed by atoms with Gasteiger partial charge in [0, 0.05) is 30.8 Å². The molecule has 10 nitrogen and oxygen atoms in total. The van der Waals surface area contributed by atoms with Crippen molar-refractivity contribution in [3.63, 3.8) is 0 Å². The predicted molar refractivity (Wildman–Crippen MR) is 117 cm³/mol. The third-order valence-electron chi connectivity index (χ3n) is 4.74. The quantitative estimate of drug-likeness (QED) is 0.509. The molecule has 0 aliphatic carbocycles. The fraction of sp³-hybridized carbons (Fsp3) is 0.286. The Labute approximate surface area is 194 Å². The number of esters is 1. The van der Waals surface area contributed by atoms with Crippen LogP contribution in [0.3, 0.4) is 0 Å². The minimum absolute atomic E-state index is 0. The molecule has 12 heteroatoms. The van der Waals surface area contributed by atoms with Crippen molar-refractivity contribution < 1.29 is 27.9 Å². The summed E-state index contributed by atoms with van der Waals surface area (Å²) in [5, 5.41) is 7.66. The monoisotopic (exact) mass is 477 g/mol. The van der Waals surface area contributed by atoms with Crippen molar-refractivity contribution in [1.29, 1.82) is 0 Å². The standard InChI is InChI=1S/C21H20FN5O5.ClH/c1-12-25-26-20(31-12)18-5-2-13(9-24-18)16-4-3-14(8-17(16)22)27-10-15(32-21(27)29)11-30-19(28)6-7-23;/h2-5,8-9,15H,6-7,10-11,23H2,1H3;1H/t15-;/m1./s1. The van der Waals surface area contributed by atoms with Gasteiger partial charge in [0.05, 0.1) is 18.7 Å². The summed E-state index contributed by atoms with van der Waals surface area (Å²) in [5.74, 6) is -0.299. The Morgan fingerprint density at radius 2 is 2.12 bits per heavy atom. The first-order valence-electron chi connectivity index (χ1n) is 9.85.